The van der Waals surface area contributed by atoms with Gasteiger partial charge in [-0.3, -0.25) is 4.79 Å². The van der Waals surface area contributed by atoms with Gasteiger partial charge in [-0.05, 0) is 50.3 Å². The molecule has 0 saturated carbocycles. The van der Waals surface area contributed by atoms with Crippen LogP contribution in [0.3, 0.4) is 0 Å². The molecule has 0 bridgehead atoms. The molecule has 0 atom stereocenters. The number of carbonyl (C=O) groups is 1. The minimum absolute atomic E-state index is 0.0441. The highest BCUT2D eigenvalue weighted by Gasteiger charge is 2.16. The molecule has 0 saturated heterocycles. The van der Waals surface area contributed by atoms with Crippen molar-refractivity contribution < 1.29 is 13.2 Å². The van der Waals surface area contributed by atoms with E-state index in [-0.39, 0.29) is 17.4 Å². The molecule has 1 amide bonds. The maximum atomic E-state index is 12.3. The first kappa shape index (κ1) is 18.7. The number of hydrogen-bond acceptors (Lipinski definition) is 3. The van der Waals surface area contributed by atoms with E-state index in [1.54, 1.807) is 14.1 Å². The molecule has 124 valence electrons. The minimum atomic E-state index is -3.14. The molecule has 0 spiro atoms. The molecule has 0 fully saturated rings. The summed E-state index contributed by atoms with van der Waals surface area (Å²) in [7, 11) is 0.285. The van der Waals surface area contributed by atoms with Gasteiger partial charge in [0.05, 0.1) is 11.5 Å². The van der Waals surface area contributed by atoms with Gasteiger partial charge in [0.1, 0.15) is 0 Å². The molecule has 0 heterocycles. The Balaban J connectivity index is 2.60. The Labute approximate surface area is 134 Å². The molecule has 0 N–H and O–H groups in total. The maximum Gasteiger partial charge on any atom is 0.222 e. The number of nitrogens with zero attached hydrogens (tertiary/aromatic N) is 1. The number of benzene rings is 1. The van der Waals surface area contributed by atoms with Crippen LogP contribution in [-0.2, 0) is 20.4 Å². The zero-order chi connectivity index (χ0) is 16.9. The molecule has 0 aromatic heterocycles. The van der Waals surface area contributed by atoms with Crippen LogP contribution in [0.25, 0.3) is 0 Å². The van der Waals surface area contributed by atoms with E-state index in [4.69, 9.17) is 0 Å². The van der Waals surface area contributed by atoms with Crippen molar-refractivity contribution in [3.63, 3.8) is 0 Å². The molecule has 4 nitrogen and oxygen atoms in total. The zero-order valence-electron chi connectivity index (χ0n) is 14.3. The van der Waals surface area contributed by atoms with Gasteiger partial charge in [0.25, 0.3) is 0 Å². The number of sulfone groups is 1. The number of unbranched alkanes of at least 4 members (excludes halogenated alkanes) is 1. The second-order valence-electron chi connectivity index (χ2n) is 6.21. The fourth-order valence-corrected chi connectivity index (χ4v) is 4.23. The van der Waals surface area contributed by atoms with Crippen molar-refractivity contribution in [1.82, 2.24) is 4.90 Å². The van der Waals surface area contributed by atoms with Crippen LogP contribution in [0.1, 0.15) is 41.5 Å². The summed E-state index contributed by atoms with van der Waals surface area (Å²) in [6.45, 7) is 5.93. The second kappa shape index (κ2) is 7.77. The van der Waals surface area contributed by atoms with Gasteiger partial charge in [0, 0.05) is 20.5 Å². The Hall–Kier alpha value is -1.36. The van der Waals surface area contributed by atoms with Crippen molar-refractivity contribution in [3.8, 4) is 0 Å². The van der Waals surface area contributed by atoms with E-state index in [0.717, 1.165) is 22.3 Å². The van der Waals surface area contributed by atoms with Crippen LogP contribution in [0.15, 0.2) is 12.1 Å². The molecule has 5 heteroatoms. The molecule has 1 rings (SSSR count). The van der Waals surface area contributed by atoms with Gasteiger partial charge in [-0.2, -0.15) is 0 Å². The molecule has 0 unspecified atom stereocenters. The summed E-state index contributed by atoms with van der Waals surface area (Å²) in [4.78, 5) is 13.0. The molecular formula is C17H27NO3S. The maximum absolute atomic E-state index is 12.3. The van der Waals surface area contributed by atoms with Crippen LogP contribution in [0, 0.1) is 20.8 Å². The lowest BCUT2D eigenvalue weighted by Crippen LogP contribution is -2.21. The van der Waals surface area contributed by atoms with Gasteiger partial charge in [-0.1, -0.05) is 17.7 Å². The molecule has 0 aliphatic heterocycles. The Morgan fingerprint density at radius 1 is 1.05 bits per heavy atom. The molecule has 0 radical (unpaired) electrons. The normalized spacial score (nSPS) is 11.5. The smallest absolute Gasteiger partial charge is 0.222 e. The van der Waals surface area contributed by atoms with E-state index < -0.39 is 9.84 Å². The fourth-order valence-electron chi connectivity index (χ4n) is 2.55. The third-order valence-corrected chi connectivity index (χ3v) is 5.44. The Morgan fingerprint density at radius 3 is 2.09 bits per heavy atom. The van der Waals surface area contributed by atoms with Gasteiger partial charge in [0.15, 0.2) is 9.84 Å². The molecule has 1 aromatic rings. The lowest BCUT2D eigenvalue weighted by molar-refractivity contribution is -0.128. The largest absolute Gasteiger partial charge is 0.349 e. The number of amides is 1. The quantitative estimate of drug-likeness (QED) is 0.724. The van der Waals surface area contributed by atoms with E-state index >= 15 is 0 Å². The zero-order valence-corrected chi connectivity index (χ0v) is 15.1. The predicted molar refractivity (Wildman–Crippen MR) is 90.7 cm³/mol. The minimum Gasteiger partial charge on any atom is -0.349 e. The van der Waals surface area contributed by atoms with Gasteiger partial charge in [-0.25, -0.2) is 8.42 Å². The van der Waals surface area contributed by atoms with Gasteiger partial charge in [0.2, 0.25) is 5.91 Å². The summed E-state index contributed by atoms with van der Waals surface area (Å²) < 4.78 is 24.5. The van der Waals surface area contributed by atoms with Crippen LogP contribution in [0.4, 0.5) is 0 Å². The van der Waals surface area contributed by atoms with Gasteiger partial charge < -0.3 is 4.90 Å². The summed E-state index contributed by atoms with van der Waals surface area (Å²) in [5, 5.41) is 0. The average molecular weight is 325 g/mol. The molecule has 1 aromatic carbocycles. The third-order valence-electron chi connectivity index (χ3n) is 3.80. The van der Waals surface area contributed by atoms with Gasteiger partial charge in [-0.15, -0.1) is 0 Å². The highest BCUT2D eigenvalue weighted by molar-refractivity contribution is 7.90. The Morgan fingerprint density at radius 2 is 1.59 bits per heavy atom. The molecule has 22 heavy (non-hydrogen) atoms. The Bertz CT molecular complexity index is 610. The van der Waals surface area contributed by atoms with Crippen LogP contribution in [-0.4, -0.2) is 39.1 Å². The lowest BCUT2D eigenvalue weighted by atomic mass is 10.0. The average Bonchev–Trinajstić information content (AvgIpc) is 2.38. The van der Waals surface area contributed by atoms with Crippen LogP contribution in [0.2, 0.25) is 0 Å². The van der Waals surface area contributed by atoms with Crippen molar-refractivity contribution in [2.24, 2.45) is 0 Å². The van der Waals surface area contributed by atoms with Gasteiger partial charge >= 0.3 is 0 Å². The monoisotopic (exact) mass is 325 g/mol. The Kier molecular flexibility index (Phi) is 6.60. The van der Waals surface area contributed by atoms with Crippen molar-refractivity contribution >= 4 is 15.7 Å². The number of rotatable bonds is 7. The van der Waals surface area contributed by atoms with Crippen molar-refractivity contribution in [2.75, 3.05) is 19.8 Å². The first-order valence-electron chi connectivity index (χ1n) is 7.59. The molecule has 0 aliphatic rings. The first-order chi connectivity index (χ1) is 10.1. The van der Waals surface area contributed by atoms with E-state index in [2.05, 4.69) is 0 Å². The summed E-state index contributed by atoms with van der Waals surface area (Å²) in [6.07, 6.45) is 1.55. The van der Waals surface area contributed by atoms with Crippen molar-refractivity contribution in [1.29, 1.82) is 0 Å². The standard InChI is InChI=1S/C17H27NO3S/c1-13-10-14(2)16(15(3)11-13)12-22(20,21)9-7-6-8-17(19)18(4)5/h10-11H,6-9,12H2,1-5H3. The lowest BCUT2D eigenvalue weighted by Gasteiger charge is -2.12. The van der Waals surface area contributed by atoms with Crippen LogP contribution < -0.4 is 0 Å². The highest BCUT2D eigenvalue weighted by Crippen LogP contribution is 2.20. The summed E-state index contributed by atoms with van der Waals surface area (Å²) in [5.41, 5.74) is 4.13. The number of hydrogen-bond donors (Lipinski definition) is 0. The van der Waals surface area contributed by atoms with Crippen LogP contribution >= 0.6 is 0 Å². The summed E-state index contributed by atoms with van der Waals surface area (Å²) in [5.74, 6) is 0.273. The molecule has 0 aliphatic carbocycles. The van der Waals surface area contributed by atoms with Crippen LogP contribution in [0.5, 0.6) is 0 Å². The van der Waals surface area contributed by atoms with E-state index in [9.17, 15) is 13.2 Å². The summed E-state index contributed by atoms with van der Waals surface area (Å²) >= 11 is 0. The fraction of sp³-hybridized carbons (Fsp3) is 0.588. The first-order valence-corrected chi connectivity index (χ1v) is 9.42. The van der Waals surface area contributed by atoms with Crippen molar-refractivity contribution in [2.45, 2.75) is 45.8 Å². The highest BCUT2D eigenvalue weighted by atomic mass is 32.2. The SMILES string of the molecule is Cc1cc(C)c(CS(=O)(=O)CCCCC(=O)N(C)C)c(C)c1. The predicted octanol–water partition coefficient (Wildman–Crippen LogP) is 2.79. The van der Waals surface area contributed by atoms with E-state index in [0.29, 0.717) is 19.3 Å². The number of carbonyl (C=O) groups excluding carboxylic acids is 1. The van der Waals surface area contributed by atoms with E-state index in [1.165, 1.54) is 4.90 Å². The summed E-state index contributed by atoms with van der Waals surface area (Å²) in [6, 6.07) is 4.04. The van der Waals surface area contributed by atoms with Crippen molar-refractivity contribution in [3.05, 3.63) is 34.4 Å². The number of aryl methyl sites for hydroxylation is 3. The topological polar surface area (TPSA) is 54.5 Å². The third kappa shape index (κ3) is 5.79. The second-order valence-corrected chi connectivity index (χ2v) is 8.40. The van der Waals surface area contributed by atoms with E-state index in [1.807, 2.05) is 32.9 Å². The molecular weight excluding hydrogens is 298 g/mol.